The molecule has 0 aliphatic carbocycles. The van der Waals surface area contributed by atoms with Gasteiger partial charge in [-0.15, -0.1) is 0 Å². The summed E-state index contributed by atoms with van der Waals surface area (Å²) in [7, 11) is 0. The van der Waals surface area contributed by atoms with E-state index in [9.17, 15) is 13.2 Å². The second kappa shape index (κ2) is 8.97. The Morgan fingerprint density at radius 1 is 1.00 bits per heavy atom. The molecule has 1 aliphatic heterocycles. The third-order valence-corrected chi connectivity index (χ3v) is 6.13. The molecule has 1 fully saturated rings. The van der Waals surface area contributed by atoms with Crippen molar-refractivity contribution < 1.29 is 13.2 Å². The predicted molar refractivity (Wildman–Crippen MR) is 114 cm³/mol. The quantitative estimate of drug-likeness (QED) is 0.564. The maximum Gasteiger partial charge on any atom is 0.417 e. The second-order valence-corrected chi connectivity index (χ2v) is 8.14. The topological polar surface area (TPSA) is 6.48 Å². The SMILES string of the molecule is CCc1ccc(CN2CCN(c3ccc(Cl)c(C(F)(F)F)c3)C[C@H]2C)cc1CC. The van der Waals surface area contributed by atoms with Crippen LogP contribution in [-0.2, 0) is 25.6 Å². The van der Waals surface area contributed by atoms with Crippen LogP contribution in [0.1, 0.15) is 43.0 Å². The maximum absolute atomic E-state index is 13.2. The number of halogens is 4. The number of benzene rings is 2. The molecular formula is C23H28ClF3N2. The number of aryl methyl sites for hydroxylation is 2. The number of nitrogens with zero attached hydrogens (tertiary/aromatic N) is 2. The highest BCUT2D eigenvalue weighted by Crippen LogP contribution is 2.37. The molecule has 0 aromatic heterocycles. The lowest BCUT2D eigenvalue weighted by Crippen LogP contribution is -2.51. The first-order chi connectivity index (χ1) is 13.7. The molecule has 2 aromatic rings. The van der Waals surface area contributed by atoms with E-state index in [1.54, 1.807) is 6.07 Å². The molecule has 158 valence electrons. The number of piperazine rings is 1. The van der Waals surface area contributed by atoms with Gasteiger partial charge < -0.3 is 4.90 Å². The van der Waals surface area contributed by atoms with Crippen molar-refractivity contribution in [1.29, 1.82) is 0 Å². The van der Waals surface area contributed by atoms with E-state index < -0.39 is 11.7 Å². The highest BCUT2D eigenvalue weighted by atomic mass is 35.5. The summed E-state index contributed by atoms with van der Waals surface area (Å²) in [6, 6.07) is 11.2. The molecule has 0 saturated carbocycles. The summed E-state index contributed by atoms with van der Waals surface area (Å²) in [6.45, 7) is 9.54. The molecule has 2 nitrogen and oxygen atoms in total. The molecule has 1 saturated heterocycles. The average molecular weight is 425 g/mol. The van der Waals surface area contributed by atoms with Crippen LogP contribution < -0.4 is 4.90 Å². The monoisotopic (exact) mass is 424 g/mol. The summed E-state index contributed by atoms with van der Waals surface area (Å²) in [4.78, 5) is 4.42. The van der Waals surface area contributed by atoms with Crippen LogP contribution in [0.3, 0.4) is 0 Å². The number of alkyl halides is 3. The van der Waals surface area contributed by atoms with Gasteiger partial charge in [0.15, 0.2) is 0 Å². The van der Waals surface area contributed by atoms with Crippen LogP contribution >= 0.6 is 11.6 Å². The molecule has 0 unspecified atom stereocenters. The number of rotatable bonds is 5. The van der Waals surface area contributed by atoms with E-state index in [1.807, 2.05) is 4.90 Å². The lowest BCUT2D eigenvalue weighted by Gasteiger charge is -2.41. The van der Waals surface area contributed by atoms with Gasteiger partial charge in [0.25, 0.3) is 0 Å². The highest BCUT2D eigenvalue weighted by molar-refractivity contribution is 6.31. The smallest absolute Gasteiger partial charge is 0.369 e. The Hall–Kier alpha value is -1.72. The van der Waals surface area contributed by atoms with Crippen LogP contribution in [0.4, 0.5) is 18.9 Å². The van der Waals surface area contributed by atoms with Crippen molar-refractivity contribution in [3.63, 3.8) is 0 Å². The average Bonchev–Trinajstić information content (AvgIpc) is 2.69. The Bertz CT molecular complexity index is 851. The highest BCUT2D eigenvalue weighted by Gasteiger charge is 2.34. The molecule has 1 atom stereocenters. The molecule has 0 amide bonds. The Labute approximate surface area is 176 Å². The van der Waals surface area contributed by atoms with Gasteiger partial charge in [-0.05, 0) is 54.7 Å². The van der Waals surface area contributed by atoms with Crippen molar-refractivity contribution in [3.8, 4) is 0 Å². The van der Waals surface area contributed by atoms with Crippen LogP contribution in [-0.4, -0.2) is 30.6 Å². The minimum absolute atomic E-state index is 0.240. The zero-order valence-electron chi connectivity index (χ0n) is 17.2. The molecule has 0 N–H and O–H groups in total. The van der Waals surface area contributed by atoms with Gasteiger partial charge >= 0.3 is 6.18 Å². The first kappa shape index (κ1) is 22.0. The Morgan fingerprint density at radius 2 is 1.72 bits per heavy atom. The lowest BCUT2D eigenvalue weighted by molar-refractivity contribution is -0.137. The third-order valence-electron chi connectivity index (χ3n) is 5.80. The summed E-state index contributed by atoms with van der Waals surface area (Å²) in [5.41, 5.74) is 3.91. The molecule has 1 aliphatic rings. The van der Waals surface area contributed by atoms with E-state index in [0.717, 1.165) is 25.9 Å². The van der Waals surface area contributed by atoms with Crippen LogP contribution in [0.15, 0.2) is 36.4 Å². The Morgan fingerprint density at radius 3 is 2.34 bits per heavy atom. The Balaban J connectivity index is 1.70. The van der Waals surface area contributed by atoms with E-state index in [0.29, 0.717) is 18.8 Å². The Kier molecular flexibility index (Phi) is 6.79. The van der Waals surface area contributed by atoms with Gasteiger partial charge in [-0.2, -0.15) is 13.2 Å². The van der Waals surface area contributed by atoms with Crippen molar-refractivity contribution in [2.24, 2.45) is 0 Å². The first-order valence-corrected chi connectivity index (χ1v) is 10.6. The van der Waals surface area contributed by atoms with Crippen LogP contribution in [0.25, 0.3) is 0 Å². The predicted octanol–water partition coefficient (Wildman–Crippen LogP) is 6.19. The van der Waals surface area contributed by atoms with E-state index in [1.165, 1.54) is 28.8 Å². The van der Waals surface area contributed by atoms with Gasteiger partial charge in [-0.25, -0.2) is 0 Å². The summed E-state index contributed by atoms with van der Waals surface area (Å²) in [6.07, 6.45) is -2.37. The second-order valence-electron chi connectivity index (χ2n) is 7.74. The number of hydrogen-bond donors (Lipinski definition) is 0. The third kappa shape index (κ3) is 5.07. The van der Waals surface area contributed by atoms with Crippen molar-refractivity contribution >= 4 is 17.3 Å². The van der Waals surface area contributed by atoms with E-state index in [2.05, 4.69) is 43.9 Å². The zero-order valence-corrected chi connectivity index (χ0v) is 17.9. The summed E-state index contributed by atoms with van der Waals surface area (Å²) >= 11 is 5.76. The summed E-state index contributed by atoms with van der Waals surface area (Å²) in [5.74, 6) is 0. The molecule has 0 spiro atoms. The first-order valence-electron chi connectivity index (χ1n) is 10.2. The minimum atomic E-state index is -4.44. The van der Waals surface area contributed by atoms with E-state index >= 15 is 0 Å². The van der Waals surface area contributed by atoms with Crippen LogP contribution in [0.2, 0.25) is 5.02 Å². The molecule has 2 aromatic carbocycles. The van der Waals surface area contributed by atoms with E-state index in [-0.39, 0.29) is 11.1 Å². The van der Waals surface area contributed by atoms with Gasteiger partial charge in [0.1, 0.15) is 0 Å². The molecule has 3 rings (SSSR count). The van der Waals surface area contributed by atoms with Gasteiger partial charge in [0.2, 0.25) is 0 Å². The van der Waals surface area contributed by atoms with Crippen molar-refractivity contribution in [1.82, 2.24) is 4.90 Å². The number of anilines is 1. The normalized spacial score (nSPS) is 18.3. The lowest BCUT2D eigenvalue weighted by atomic mass is 9.99. The summed E-state index contributed by atoms with van der Waals surface area (Å²) < 4.78 is 39.5. The van der Waals surface area contributed by atoms with E-state index in [4.69, 9.17) is 11.6 Å². The maximum atomic E-state index is 13.2. The number of hydrogen-bond acceptors (Lipinski definition) is 2. The fourth-order valence-corrected chi connectivity index (χ4v) is 4.30. The van der Waals surface area contributed by atoms with Crippen molar-refractivity contribution in [2.75, 3.05) is 24.5 Å². The van der Waals surface area contributed by atoms with Gasteiger partial charge in [-0.3, -0.25) is 4.90 Å². The van der Waals surface area contributed by atoms with Gasteiger partial charge in [0, 0.05) is 37.9 Å². The molecular weight excluding hydrogens is 397 g/mol. The van der Waals surface area contributed by atoms with Crippen LogP contribution in [0, 0.1) is 0 Å². The van der Waals surface area contributed by atoms with Crippen molar-refractivity contribution in [3.05, 3.63) is 63.7 Å². The molecule has 0 bridgehead atoms. The molecule has 0 radical (unpaired) electrons. The molecule has 29 heavy (non-hydrogen) atoms. The molecule has 1 heterocycles. The van der Waals surface area contributed by atoms with Crippen molar-refractivity contribution in [2.45, 2.75) is 52.4 Å². The fraction of sp³-hybridized carbons (Fsp3) is 0.478. The molecule has 6 heteroatoms. The van der Waals surface area contributed by atoms with Gasteiger partial charge in [0.05, 0.1) is 10.6 Å². The standard InChI is InChI=1S/C23H28ClF3N2/c1-4-18-7-6-17(12-19(18)5-2)15-28-10-11-29(14-16(28)3)20-8-9-22(24)21(13-20)23(25,26)27/h6-9,12-13,16H,4-5,10-11,14-15H2,1-3H3/t16-/m1/s1. The summed E-state index contributed by atoms with van der Waals surface area (Å²) in [5, 5.41) is -0.254. The largest absolute Gasteiger partial charge is 0.417 e. The minimum Gasteiger partial charge on any atom is -0.369 e. The van der Waals surface area contributed by atoms with Crippen LogP contribution in [0.5, 0.6) is 0 Å². The fourth-order valence-electron chi connectivity index (χ4n) is 4.08. The zero-order chi connectivity index (χ0) is 21.2. The van der Waals surface area contributed by atoms with Gasteiger partial charge in [-0.1, -0.05) is 43.6 Å².